The van der Waals surface area contributed by atoms with Crippen LogP contribution < -0.4 is 11.1 Å². The van der Waals surface area contributed by atoms with E-state index >= 15 is 0 Å². The first-order valence-corrected chi connectivity index (χ1v) is 5.40. The zero-order valence-corrected chi connectivity index (χ0v) is 9.93. The van der Waals surface area contributed by atoms with Crippen LogP contribution >= 0.6 is 12.4 Å². The lowest BCUT2D eigenvalue weighted by Gasteiger charge is -2.23. The van der Waals surface area contributed by atoms with Crippen molar-refractivity contribution in [2.24, 2.45) is 5.73 Å². The maximum atomic E-state index is 10.9. The number of carbonyl (C=O) groups excluding carboxylic acids is 1. The molecular weight excluding hydrogens is 224 g/mol. The first-order valence-electron chi connectivity index (χ1n) is 5.40. The highest BCUT2D eigenvalue weighted by Gasteiger charge is 2.14. The van der Waals surface area contributed by atoms with Gasteiger partial charge in [-0.25, -0.2) is 0 Å². The lowest BCUT2D eigenvalue weighted by molar-refractivity contribution is 0.100. The molecule has 0 saturated carbocycles. The first-order chi connectivity index (χ1) is 7.27. The zero-order valence-electron chi connectivity index (χ0n) is 9.11. The van der Waals surface area contributed by atoms with Crippen LogP contribution in [-0.2, 0) is 0 Å². The van der Waals surface area contributed by atoms with E-state index in [0.29, 0.717) is 11.6 Å². The molecule has 1 saturated heterocycles. The Kier molecular flexibility index (Phi) is 4.77. The van der Waals surface area contributed by atoms with Gasteiger partial charge in [0.05, 0.1) is 0 Å². The van der Waals surface area contributed by atoms with E-state index in [4.69, 9.17) is 5.73 Å². The van der Waals surface area contributed by atoms with Crippen molar-refractivity contribution in [3.05, 3.63) is 35.4 Å². The van der Waals surface area contributed by atoms with E-state index in [1.165, 1.54) is 24.8 Å². The van der Waals surface area contributed by atoms with Gasteiger partial charge >= 0.3 is 0 Å². The summed E-state index contributed by atoms with van der Waals surface area (Å²) in [4.78, 5) is 10.9. The van der Waals surface area contributed by atoms with Crippen molar-refractivity contribution in [3.63, 3.8) is 0 Å². The van der Waals surface area contributed by atoms with Crippen molar-refractivity contribution >= 4 is 18.3 Å². The molecule has 1 fully saturated rings. The fourth-order valence-electron chi connectivity index (χ4n) is 2.02. The summed E-state index contributed by atoms with van der Waals surface area (Å²) < 4.78 is 0. The normalized spacial score (nSPS) is 19.9. The Labute approximate surface area is 102 Å². The molecule has 0 spiro atoms. The highest BCUT2D eigenvalue weighted by Crippen LogP contribution is 2.22. The average molecular weight is 241 g/mol. The molecule has 1 aromatic carbocycles. The van der Waals surface area contributed by atoms with Gasteiger partial charge in [0.15, 0.2) is 0 Å². The minimum absolute atomic E-state index is 0. The number of halogens is 1. The molecule has 1 atom stereocenters. The van der Waals surface area contributed by atoms with Crippen molar-refractivity contribution in [2.45, 2.75) is 25.3 Å². The monoisotopic (exact) mass is 240 g/mol. The van der Waals surface area contributed by atoms with E-state index in [-0.39, 0.29) is 18.3 Å². The second-order valence-corrected chi connectivity index (χ2v) is 3.99. The number of hydrogen-bond acceptors (Lipinski definition) is 2. The van der Waals surface area contributed by atoms with Gasteiger partial charge in [0.2, 0.25) is 5.91 Å². The van der Waals surface area contributed by atoms with Gasteiger partial charge in [-0.2, -0.15) is 0 Å². The molecule has 1 aliphatic heterocycles. The van der Waals surface area contributed by atoms with Crippen LogP contribution in [0.3, 0.4) is 0 Å². The molecule has 88 valence electrons. The summed E-state index contributed by atoms with van der Waals surface area (Å²) in [6.45, 7) is 1.09. The molecule has 0 unspecified atom stereocenters. The van der Waals surface area contributed by atoms with Gasteiger partial charge in [0.25, 0.3) is 0 Å². The van der Waals surface area contributed by atoms with Crippen molar-refractivity contribution in [3.8, 4) is 0 Å². The highest BCUT2D eigenvalue weighted by atomic mass is 35.5. The molecule has 2 rings (SSSR count). The molecule has 1 aromatic rings. The number of amides is 1. The third-order valence-corrected chi connectivity index (χ3v) is 2.91. The Morgan fingerprint density at radius 3 is 2.44 bits per heavy atom. The van der Waals surface area contributed by atoms with Crippen LogP contribution in [0.1, 0.15) is 41.2 Å². The minimum atomic E-state index is -0.363. The number of piperidine rings is 1. The summed E-state index contributed by atoms with van der Waals surface area (Å²) in [5, 5.41) is 3.47. The van der Waals surface area contributed by atoms with Crippen LogP contribution in [0.25, 0.3) is 0 Å². The van der Waals surface area contributed by atoms with Gasteiger partial charge < -0.3 is 11.1 Å². The van der Waals surface area contributed by atoms with Crippen molar-refractivity contribution < 1.29 is 4.79 Å². The van der Waals surface area contributed by atoms with E-state index in [9.17, 15) is 4.79 Å². The van der Waals surface area contributed by atoms with Gasteiger partial charge in [-0.1, -0.05) is 18.6 Å². The highest BCUT2D eigenvalue weighted by molar-refractivity contribution is 5.92. The van der Waals surface area contributed by atoms with Gasteiger partial charge in [-0.05, 0) is 37.1 Å². The first kappa shape index (κ1) is 13.0. The molecular formula is C12H17ClN2O. The van der Waals surface area contributed by atoms with Crippen LogP contribution in [0.5, 0.6) is 0 Å². The maximum Gasteiger partial charge on any atom is 0.248 e. The number of rotatable bonds is 2. The Balaban J connectivity index is 0.00000128. The molecule has 0 aliphatic carbocycles. The Morgan fingerprint density at radius 2 is 1.94 bits per heavy atom. The van der Waals surface area contributed by atoms with Crippen LogP contribution in [0.15, 0.2) is 24.3 Å². The summed E-state index contributed by atoms with van der Waals surface area (Å²) in [6.07, 6.45) is 3.71. The molecule has 1 heterocycles. The molecule has 0 bridgehead atoms. The quantitative estimate of drug-likeness (QED) is 0.831. The van der Waals surface area contributed by atoms with Crippen molar-refractivity contribution in [1.29, 1.82) is 0 Å². The fraction of sp³-hybridized carbons (Fsp3) is 0.417. The standard InChI is InChI=1S/C12H16N2O.ClH/c13-12(15)10-6-4-9(5-7-10)11-3-1-2-8-14-11;/h4-7,11,14H,1-3,8H2,(H2,13,15);1H/t11-;/m0./s1. The molecule has 3 nitrogen and oxygen atoms in total. The maximum absolute atomic E-state index is 10.9. The number of hydrogen-bond donors (Lipinski definition) is 2. The van der Waals surface area contributed by atoms with Gasteiger partial charge in [-0.3, -0.25) is 4.79 Å². The van der Waals surface area contributed by atoms with Gasteiger partial charge in [-0.15, -0.1) is 12.4 Å². The second-order valence-electron chi connectivity index (χ2n) is 3.99. The summed E-state index contributed by atoms with van der Waals surface area (Å²) in [5.41, 5.74) is 7.02. The summed E-state index contributed by atoms with van der Waals surface area (Å²) in [7, 11) is 0. The number of benzene rings is 1. The Morgan fingerprint density at radius 1 is 1.25 bits per heavy atom. The van der Waals surface area contributed by atoms with E-state index < -0.39 is 0 Å². The molecule has 1 amide bonds. The molecule has 1 aliphatic rings. The predicted octanol–water partition coefficient (Wildman–Crippen LogP) is 2.02. The van der Waals surface area contributed by atoms with Crippen molar-refractivity contribution in [2.75, 3.05) is 6.54 Å². The Bertz CT molecular complexity index is 345. The van der Waals surface area contributed by atoms with E-state index in [1.54, 1.807) is 12.1 Å². The Hall–Kier alpha value is -1.06. The summed E-state index contributed by atoms with van der Waals surface area (Å²) >= 11 is 0. The third-order valence-electron chi connectivity index (χ3n) is 2.91. The number of primary amides is 1. The smallest absolute Gasteiger partial charge is 0.248 e. The lowest BCUT2D eigenvalue weighted by atomic mass is 9.97. The van der Waals surface area contributed by atoms with Crippen molar-refractivity contribution in [1.82, 2.24) is 5.32 Å². The van der Waals surface area contributed by atoms with E-state index in [0.717, 1.165) is 6.54 Å². The molecule has 4 heteroatoms. The molecule has 0 aromatic heterocycles. The van der Waals surface area contributed by atoms with Crippen LogP contribution in [-0.4, -0.2) is 12.5 Å². The predicted molar refractivity (Wildman–Crippen MR) is 66.8 cm³/mol. The van der Waals surface area contributed by atoms with Crippen LogP contribution in [0.2, 0.25) is 0 Å². The summed E-state index contributed by atoms with van der Waals surface area (Å²) in [5.74, 6) is -0.363. The number of carbonyl (C=O) groups is 1. The number of nitrogens with two attached hydrogens (primary N) is 1. The van der Waals surface area contributed by atoms with Gasteiger partial charge in [0.1, 0.15) is 0 Å². The third kappa shape index (κ3) is 2.97. The summed E-state index contributed by atoms with van der Waals surface area (Å²) in [6, 6.07) is 8.02. The SMILES string of the molecule is Cl.NC(=O)c1ccc([C@@H]2CCCCN2)cc1. The molecule has 0 radical (unpaired) electrons. The van der Waals surface area contributed by atoms with E-state index in [2.05, 4.69) is 5.32 Å². The minimum Gasteiger partial charge on any atom is -0.366 e. The van der Waals surface area contributed by atoms with Crippen LogP contribution in [0, 0.1) is 0 Å². The second kappa shape index (κ2) is 5.87. The lowest BCUT2D eigenvalue weighted by Crippen LogP contribution is -2.26. The van der Waals surface area contributed by atoms with E-state index in [1.807, 2.05) is 12.1 Å². The molecule has 16 heavy (non-hydrogen) atoms. The molecule has 3 N–H and O–H groups in total. The topological polar surface area (TPSA) is 55.1 Å². The fourth-order valence-corrected chi connectivity index (χ4v) is 2.02. The number of nitrogens with one attached hydrogen (secondary N) is 1. The average Bonchev–Trinajstić information content (AvgIpc) is 2.30. The van der Waals surface area contributed by atoms with Crippen LogP contribution in [0.4, 0.5) is 0 Å². The zero-order chi connectivity index (χ0) is 10.7. The largest absolute Gasteiger partial charge is 0.366 e. The van der Waals surface area contributed by atoms with Gasteiger partial charge in [0, 0.05) is 11.6 Å².